The molecule has 0 fully saturated rings. The maximum absolute atomic E-state index is 12.3. The first-order valence-electron chi connectivity index (χ1n) is 9.33. The van der Waals surface area contributed by atoms with Gasteiger partial charge in [0.05, 0.1) is 10.6 Å². The number of hydrogen-bond donors (Lipinski definition) is 2. The number of nitrogens with two attached hydrogens (primary N) is 1. The molecule has 0 bridgehead atoms. The minimum absolute atomic E-state index is 0.0194. The molecule has 0 aliphatic rings. The summed E-state index contributed by atoms with van der Waals surface area (Å²) in [5, 5.41) is 17.8. The van der Waals surface area contributed by atoms with Crippen molar-refractivity contribution < 1.29 is 17.6 Å². The van der Waals surface area contributed by atoms with Gasteiger partial charge in [0.1, 0.15) is 5.58 Å². The quantitative estimate of drug-likeness (QED) is 0.407. The maximum Gasteiger partial charge on any atom is 0.238 e. The summed E-state index contributed by atoms with van der Waals surface area (Å²) in [6, 6.07) is 15.3. The van der Waals surface area contributed by atoms with E-state index in [1.165, 1.54) is 36.0 Å². The minimum Gasteiger partial charge on any atom is -0.453 e. The topological polar surface area (TPSA) is 133 Å². The zero-order valence-electron chi connectivity index (χ0n) is 16.5. The molecule has 9 nitrogen and oxygen atoms in total. The second kappa shape index (κ2) is 8.53. The molecule has 4 aromatic rings. The van der Waals surface area contributed by atoms with Gasteiger partial charge in [-0.25, -0.2) is 13.6 Å². The molecule has 2 heterocycles. The molecule has 1 amide bonds. The number of hydrogen-bond acceptors (Lipinski definition) is 7. The van der Waals surface area contributed by atoms with Crippen molar-refractivity contribution in [2.45, 2.75) is 23.5 Å². The van der Waals surface area contributed by atoms with E-state index in [4.69, 9.17) is 9.56 Å². The Kier molecular flexibility index (Phi) is 5.81. The van der Waals surface area contributed by atoms with Crippen molar-refractivity contribution in [1.82, 2.24) is 14.8 Å². The molecule has 4 rings (SSSR count). The normalized spacial score (nSPS) is 11.7. The molecule has 160 valence electrons. The third kappa shape index (κ3) is 4.63. The van der Waals surface area contributed by atoms with Crippen LogP contribution in [-0.2, 0) is 21.4 Å². The third-order valence-corrected chi connectivity index (χ3v) is 6.37. The van der Waals surface area contributed by atoms with E-state index in [1.54, 1.807) is 0 Å². The van der Waals surface area contributed by atoms with Crippen molar-refractivity contribution in [3.05, 3.63) is 54.6 Å². The van der Waals surface area contributed by atoms with Gasteiger partial charge in [-0.15, -0.1) is 10.2 Å². The van der Waals surface area contributed by atoms with E-state index < -0.39 is 10.0 Å². The fourth-order valence-electron chi connectivity index (χ4n) is 3.01. The Labute approximate surface area is 182 Å². The second-order valence-electron chi connectivity index (χ2n) is 6.61. The molecule has 2 aromatic carbocycles. The van der Waals surface area contributed by atoms with E-state index in [2.05, 4.69) is 15.5 Å². The number of benzene rings is 2. The first-order valence-corrected chi connectivity index (χ1v) is 11.9. The molecule has 2 aromatic heterocycles. The van der Waals surface area contributed by atoms with Gasteiger partial charge in [0.25, 0.3) is 0 Å². The van der Waals surface area contributed by atoms with Crippen LogP contribution in [0.25, 0.3) is 22.6 Å². The van der Waals surface area contributed by atoms with Gasteiger partial charge in [0.2, 0.25) is 21.8 Å². The van der Waals surface area contributed by atoms with Gasteiger partial charge in [0.15, 0.2) is 10.9 Å². The van der Waals surface area contributed by atoms with E-state index in [0.717, 1.165) is 11.0 Å². The number of nitrogens with one attached hydrogen (secondary N) is 1. The Morgan fingerprint density at radius 1 is 1.16 bits per heavy atom. The summed E-state index contributed by atoms with van der Waals surface area (Å²) < 4.78 is 30.4. The number of sulfonamides is 1. The summed E-state index contributed by atoms with van der Waals surface area (Å²) in [6.07, 6.45) is 0. The number of aromatic nitrogens is 3. The second-order valence-corrected chi connectivity index (χ2v) is 9.11. The highest BCUT2D eigenvalue weighted by atomic mass is 32.2. The molecule has 0 saturated heterocycles. The Balaban J connectivity index is 1.44. The number of para-hydroxylation sites is 1. The fraction of sp³-hybridized carbons (Fsp3) is 0.150. The van der Waals surface area contributed by atoms with E-state index in [1.807, 2.05) is 41.8 Å². The van der Waals surface area contributed by atoms with Crippen molar-refractivity contribution in [3.8, 4) is 11.6 Å². The van der Waals surface area contributed by atoms with Crippen molar-refractivity contribution in [2.75, 3.05) is 11.1 Å². The molecule has 0 unspecified atom stereocenters. The lowest BCUT2D eigenvalue weighted by atomic mass is 10.2. The first kappa shape index (κ1) is 21.1. The summed E-state index contributed by atoms with van der Waals surface area (Å²) in [7, 11) is -3.77. The molecule has 0 spiro atoms. The molecule has 31 heavy (non-hydrogen) atoms. The van der Waals surface area contributed by atoms with Crippen LogP contribution in [0, 0.1) is 0 Å². The van der Waals surface area contributed by atoms with E-state index in [9.17, 15) is 13.2 Å². The molecule has 0 saturated carbocycles. The summed E-state index contributed by atoms with van der Waals surface area (Å²) in [6.45, 7) is 2.57. The number of primary sulfonamides is 1. The molecular formula is C20H19N5O4S2. The van der Waals surface area contributed by atoms with E-state index in [0.29, 0.717) is 29.0 Å². The van der Waals surface area contributed by atoms with Crippen LogP contribution in [0.1, 0.15) is 6.92 Å². The van der Waals surface area contributed by atoms with Crippen LogP contribution < -0.4 is 10.5 Å². The monoisotopic (exact) mass is 457 g/mol. The molecule has 0 aliphatic carbocycles. The van der Waals surface area contributed by atoms with Crippen LogP contribution in [0.5, 0.6) is 0 Å². The van der Waals surface area contributed by atoms with Crippen LogP contribution in [0.2, 0.25) is 0 Å². The van der Waals surface area contributed by atoms with Gasteiger partial charge >= 0.3 is 0 Å². The van der Waals surface area contributed by atoms with Gasteiger partial charge in [-0.05, 0) is 43.3 Å². The average molecular weight is 458 g/mol. The first-order chi connectivity index (χ1) is 14.8. The molecule has 0 aliphatic heterocycles. The zero-order chi connectivity index (χ0) is 22.0. The highest BCUT2D eigenvalue weighted by Gasteiger charge is 2.18. The summed E-state index contributed by atoms with van der Waals surface area (Å²) in [4.78, 5) is 12.3. The predicted octanol–water partition coefficient (Wildman–Crippen LogP) is 3.09. The largest absolute Gasteiger partial charge is 0.453 e. The average Bonchev–Trinajstić information content (AvgIpc) is 3.35. The highest BCUT2D eigenvalue weighted by Crippen LogP contribution is 2.29. The lowest BCUT2D eigenvalue weighted by Gasteiger charge is -2.07. The van der Waals surface area contributed by atoms with E-state index >= 15 is 0 Å². The molecular weight excluding hydrogens is 438 g/mol. The molecule has 0 atom stereocenters. The predicted molar refractivity (Wildman–Crippen MR) is 118 cm³/mol. The standard InChI is InChI=1S/C20H19N5O4S2/c1-2-25-19(17-11-13-5-3-4-6-16(13)29-17)23-24-20(25)30-12-18(26)22-14-7-9-15(10-8-14)31(21,27)28/h3-11H,2,12H2,1H3,(H,22,26)(H2,21,27,28). The molecule has 0 radical (unpaired) electrons. The van der Waals surface area contributed by atoms with Crippen LogP contribution in [0.4, 0.5) is 5.69 Å². The van der Waals surface area contributed by atoms with Crippen LogP contribution in [0.3, 0.4) is 0 Å². The lowest BCUT2D eigenvalue weighted by Crippen LogP contribution is -2.15. The van der Waals surface area contributed by atoms with Crippen molar-refractivity contribution in [2.24, 2.45) is 5.14 Å². The molecule has 3 N–H and O–H groups in total. The summed E-state index contributed by atoms with van der Waals surface area (Å²) in [5.74, 6) is 1.06. The Bertz CT molecular complexity index is 1310. The number of furan rings is 1. The van der Waals surface area contributed by atoms with Gasteiger partial charge < -0.3 is 9.73 Å². The third-order valence-electron chi connectivity index (χ3n) is 4.48. The van der Waals surface area contributed by atoms with E-state index in [-0.39, 0.29) is 16.6 Å². The van der Waals surface area contributed by atoms with Crippen LogP contribution >= 0.6 is 11.8 Å². The number of fused-ring (bicyclic) bond motifs is 1. The highest BCUT2D eigenvalue weighted by molar-refractivity contribution is 7.99. The molecule has 11 heteroatoms. The Hall–Kier alpha value is -3.15. The number of carbonyl (C=O) groups is 1. The fourth-order valence-corrected chi connectivity index (χ4v) is 4.33. The number of rotatable bonds is 7. The number of anilines is 1. The zero-order valence-corrected chi connectivity index (χ0v) is 18.1. The number of nitrogens with zero attached hydrogens (tertiary/aromatic N) is 3. The number of thioether (sulfide) groups is 1. The number of carbonyl (C=O) groups excluding carboxylic acids is 1. The Morgan fingerprint density at radius 3 is 2.58 bits per heavy atom. The summed E-state index contributed by atoms with van der Waals surface area (Å²) >= 11 is 1.25. The SMILES string of the molecule is CCn1c(SCC(=O)Nc2ccc(S(N)(=O)=O)cc2)nnc1-c1cc2ccccc2o1. The van der Waals surface area contributed by atoms with Crippen molar-refractivity contribution >= 4 is 44.3 Å². The Morgan fingerprint density at radius 2 is 1.90 bits per heavy atom. The van der Waals surface area contributed by atoms with Crippen molar-refractivity contribution in [3.63, 3.8) is 0 Å². The number of amides is 1. The summed E-state index contributed by atoms with van der Waals surface area (Å²) in [5.41, 5.74) is 1.24. The van der Waals surface area contributed by atoms with Gasteiger partial charge in [-0.1, -0.05) is 30.0 Å². The lowest BCUT2D eigenvalue weighted by molar-refractivity contribution is -0.113. The smallest absolute Gasteiger partial charge is 0.238 e. The van der Waals surface area contributed by atoms with Crippen molar-refractivity contribution in [1.29, 1.82) is 0 Å². The maximum atomic E-state index is 12.3. The van der Waals surface area contributed by atoms with Crippen LogP contribution in [0.15, 0.2) is 69.1 Å². The van der Waals surface area contributed by atoms with Gasteiger partial charge in [0, 0.05) is 17.6 Å². The van der Waals surface area contributed by atoms with Gasteiger partial charge in [-0.2, -0.15) is 0 Å². The van der Waals surface area contributed by atoms with Crippen LogP contribution in [-0.4, -0.2) is 34.8 Å². The minimum atomic E-state index is -3.77. The van der Waals surface area contributed by atoms with Gasteiger partial charge in [-0.3, -0.25) is 9.36 Å².